The molecular formula is C56H100O6. The molecule has 62 heavy (non-hydrogen) atoms. The molecule has 0 bridgehead atoms. The molecule has 0 fully saturated rings. The van der Waals surface area contributed by atoms with E-state index in [-0.39, 0.29) is 31.1 Å². The summed E-state index contributed by atoms with van der Waals surface area (Å²) in [5.74, 6) is -0.897. The molecule has 6 heteroatoms. The molecule has 360 valence electrons. The summed E-state index contributed by atoms with van der Waals surface area (Å²) in [6.45, 7) is 6.54. The Hall–Kier alpha value is -2.63. The van der Waals surface area contributed by atoms with Crippen molar-refractivity contribution in [2.75, 3.05) is 13.2 Å². The van der Waals surface area contributed by atoms with Gasteiger partial charge in [-0.15, -0.1) is 0 Å². The molecule has 0 N–H and O–H groups in total. The highest BCUT2D eigenvalue weighted by Gasteiger charge is 2.19. The summed E-state index contributed by atoms with van der Waals surface area (Å²) in [7, 11) is 0. The fourth-order valence-corrected chi connectivity index (χ4v) is 7.47. The van der Waals surface area contributed by atoms with Crippen molar-refractivity contribution < 1.29 is 28.6 Å². The third-order valence-electron chi connectivity index (χ3n) is 11.5. The van der Waals surface area contributed by atoms with E-state index in [2.05, 4.69) is 69.4 Å². The van der Waals surface area contributed by atoms with Crippen LogP contribution >= 0.6 is 0 Å². The van der Waals surface area contributed by atoms with Crippen molar-refractivity contribution in [3.8, 4) is 0 Å². The smallest absolute Gasteiger partial charge is 0.306 e. The summed E-state index contributed by atoms with van der Waals surface area (Å²) in [5.41, 5.74) is 0. The minimum absolute atomic E-state index is 0.0805. The minimum Gasteiger partial charge on any atom is -0.462 e. The van der Waals surface area contributed by atoms with Gasteiger partial charge in [-0.1, -0.05) is 204 Å². The SMILES string of the molecule is CCC/C=C\CCCCCCCC(=O)OCC(COC(=O)CCCCCCCCCCC/C=C\C/C=C\CCCCC)OC(=O)CCCCCCC/C=C\CCCCCCCC. The second kappa shape index (κ2) is 51.0. The van der Waals surface area contributed by atoms with Gasteiger partial charge in [0.15, 0.2) is 6.10 Å². The fourth-order valence-electron chi connectivity index (χ4n) is 7.47. The third kappa shape index (κ3) is 48.4. The van der Waals surface area contributed by atoms with E-state index in [1.807, 2.05) is 0 Å². The molecule has 0 saturated carbocycles. The first-order chi connectivity index (χ1) is 30.5. The summed E-state index contributed by atoms with van der Waals surface area (Å²) in [6, 6.07) is 0. The van der Waals surface area contributed by atoms with Crippen molar-refractivity contribution in [3.63, 3.8) is 0 Å². The van der Waals surface area contributed by atoms with E-state index in [4.69, 9.17) is 14.2 Å². The first-order valence-electron chi connectivity index (χ1n) is 26.6. The zero-order chi connectivity index (χ0) is 45.1. The summed E-state index contributed by atoms with van der Waals surface area (Å²) >= 11 is 0. The predicted octanol–water partition coefficient (Wildman–Crippen LogP) is 17.5. The van der Waals surface area contributed by atoms with Crippen molar-refractivity contribution in [3.05, 3.63) is 48.6 Å². The van der Waals surface area contributed by atoms with Gasteiger partial charge in [-0.2, -0.15) is 0 Å². The molecule has 0 spiro atoms. The lowest BCUT2D eigenvalue weighted by Gasteiger charge is -2.18. The number of rotatable bonds is 48. The predicted molar refractivity (Wildman–Crippen MR) is 265 cm³/mol. The molecule has 0 aromatic rings. The fraction of sp³-hybridized carbons (Fsp3) is 0.804. The number of allylic oxidation sites excluding steroid dienone is 8. The lowest BCUT2D eigenvalue weighted by Crippen LogP contribution is -2.30. The third-order valence-corrected chi connectivity index (χ3v) is 11.5. The average Bonchev–Trinajstić information content (AvgIpc) is 3.27. The van der Waals surface area contributed by atoms with Crippen LogP contribution in [0.15, 0.2) is 48.6 Å². The van der Waals surface area contributed by atoms with Gasteiger partial charge in [0.2, 0.25) is 0 Å². The Morgan fingerprint density at radius 2 is 0.613 bits per heavy atom. The van der Waals surface area contributed by atoms with Crippen LogP contribution in [0.2, 0.25) is 0 Å². The molecule has 0 heterocycles. The molecule has 0 radical (unpaired) electrons. The number of hydrogen-bond acceptors (Lipinski definition) is 6. The molecule has 6 nitrogen and oxygen atoms in total. The van der Waals surface area contributed by atoms with E-state index in [1.54, 1.807) is 0 Å². The molecule has 1 atom stereocenters. The topological polar surface area (TPSA) is 78.9 Å². The second-order valence-corrected chi connectivity index (χ2v) is 17.8. The number of carbonyl (C=O) groups excluding carboxylic acids is 3. The summed E-state index contributed by atoms with van der Waals surface area (Å²) < 4.78 is 16.8. The number of ether oxygens (including phenoxy) is 3. The van der Waals surface area contributed by atoms with Gasteiger partial charge in [0.05, 0.1) is 0 Å². The monoisotopic (exact) mass is 869 g/mol. The standard InChI is InChI=1S/C56H100O6/c1-4-7-10-13-16-19-22-24-26-27-28-29-31-32-34-37-40-43-46-49-55(58)61-52-53(51-60-54(57)48-45-42-39-36-21-18-15-12-9-6-3)62-56(59)50-47-44-41-38-35-33-30-25-23-20-17-14-11-8-5-2/h12,15-16,19,24-26,30,53H,4-11,13-14,17-18,20-23,27-29,31-52H2,1-3H3/b15-12-,19-16-,26-24-,30-25-. The van der Waals surface area contributed by atoms with Crippen molar-refractivity contribution in [2.45, 2.75) is 277 Å². The van der Waals surface area contributed by atoms with E-state index in [0.717, 1.165) is 89.9 Å². The van der Waals surface area contributed by atoms with Crippen LogP contribution in [-0.2, 0) is 28.6 Å². The van der Waals surface area contributed by atoms with Crippen LogP contribution in [0.4, 0.5) is 0 Å². The highest BCUT2D eigenvalue weighted by atomic mass is 16.6. The van der Waals surface area contributed by atoms with Crippen LogP contribution in [0.1, 0.15) is 271 Å². The maximum atomic E-state index is 12.8. The molecule has 0 aliphatic heterocycles. The highest BCUT2D eigenvalue weighted by molar-refractivity contribution is 5.71. The van der Waals surface area contributed by atoms with Crippen LogP contribution in [0.5, 0.6) is 0 Å². The van der Waals surface area contributed by atoms with Crippen molar-refractivity contribution in [1.29, 1.82) is 0 Å². The molecule has 1 unspecified atom stereocenters. The molecular weight excluding hydrogens is 769 g/mol. The van der Waals surface area contributed by atoms with Crippen LogP contribution in [0.25, 0.3) is 0 Å². The lowest BCUT2D eigenvalue weighted by molar-refractivity contribution is -0.167. The highest BCUT2D eigenvalue weighted by Crippen LogP contribution is 2.15. The Kier molecular flexibility index (Phi) is 48.8. The molecule has 0 aliphatic carbocycles. The van der Waals surface area contributed by atoms with Gasteiger partial charge in [0.25, 0.3) is 0 Å². The zero-order valence-corrected chi connectivity index (χ0v) is 41.1. The molecule has 0 aromatic carbocycles. The Bertz CT molecular complexity index is 1090. The number of unbranched alkanes of at least 4 members (excludes halogenated alkanes) is 29. The first-order valence-corrected chi connectivity index (χ1v) is 26.6. The van der Waals surface area contributed by atoms with Crippen molar-refractivity contribution in [2.24, 2.45) is 0 Å². The van der Waals surface area contributed by atoms with Gasteiger partial charge in [-0.25, -0.2) is 0 Å². The van der Waals surface area contributed by atoms with E-state index in [0.29, 0.717) is 19.3 Å². The van der Waals surface area contributed by atoms with Crippen LogP contribution in [0.3, 0.4) is 0 Å². The van der Waals surface area contributed by atoms with Crippen molar-refractivity contribution >= 4 is 17.9 Å². The Morgan fingerprint density at radius 3 is 1.00 bits per heavy atom. The molecule has 0 amide bonds. The van der Waals surface area contributed by atoms with E-state index in [9.17, 15) is 14.4 Å². The van der Waals surface area contributed by atoms with Gasteiger partial charge in [-0.05, 0) is 96.3 Å². The molecule has 0 saturated heterocycles. The van der Waals surface area contributed by atoms with Crippen LogP contribution < -0.4 is 0 Å². The van der Waals surface area contributed by atoms with E-state index in [1.165, 1.54) is 141 Å². The quantitative estimate of drug-likeness (QED) is 0.0262. The molecule has 0 aromatic heterocycles. The Balaban J connectivity index is 4.32. The minimum atomic E-state index is -0.780. The molecule has 0 rings (SSSR count). The van der Waals surface area contributed by atoms with Gasteiger partial charge in [0, 0.05) is 19.3 Å². The maximum absolute atomic E-state index is 12.8. The Morgan fingerprint density at radius 1 is 0.323 bits per heavy atom. The van der Waals surface area contributed by atoms with Gasteiger partial charge in [-0.3, -0.25) is 14.4 Å². The first kappa shape index (κ1) is 59.4. The molecule has 0 aliphatic rings. The largest absolute Gasteiger partial charge is 0.462 e. The lowest BCUT2D eigenvalue weighted by atomic mass is 10.1. The normalized spacial score (nSPS) is 12.4. The summed E-state index contributed by atoms with van der Waals surface area (Å²) in [4.78, 5) is 37.9. The van der Waals surface area contributed by atoms with Crippen LogP contribution in [0, 0.1) is 0 Å². The van der Waals surface area contributed by atoms with E-state index < -0.39 is 6.10 Å². The maximum Gasteiger partial charge on any atom is 0.306 e. The number of hydrogen-bond donors (Lipinski definition) is 0. The van der Waals surface area contributed by atoms with E-state index >= 15 is 0 Å². The van der Waals surface area contributed by atoms with Crippen LogP contribution in [-0.4, -0.2) is 37.2 Å². The number of esters is 3. The van der Waals surface area contributed by atoms with Gasteiger partial charge >= 0.3 is 17.9 Å². The summed E-state index contributed by atoms with van der Waals surface area (Å²) in [6.07, 6.45) is 61.0. The van der Waals surface area contributed by atoms with Gasteiger partial charge < -0.3 is 14.2 Å². The Labute approximate surface area is 384 Å². The van der Waals surface area contributed by atoms with Gasteiger partial charge in [0.1, 0.15) is 13.2 Å². The van der Waals surface area contributed by atoms with Crippen molar-refractivity contribution in [1.82, 2.24) is 0 Å². The zero-order valence-electron chi connectivity index (χ0n) is 41.1. The summed E-state index contributed by atoms with van der Waals surface area (Å²) in [5, 5.41) is 0. The number of carbonyl (C=O) groups is 3. The average molecular weight is 869 g/mol. The second-order valence-electron chi connectivity index (χ2n) is 17.8.